The van der Waals surface area contributed by atoms with Gasteiger partial charge in [0, 0.05) is 13.4 Å². The number of hydrogen-bond acceptors (Lipinski definition) is 2. The van der Waals surface area contributed by atoms with Gasteiger partial charge in [0.05, 0.1) is 23.0 Å². The van der Waals surface area contributed by atoms with Crippen molar-refractivity contribution in [3.63, 3.8) is 0 Å². The fourth-order valence-corrected chi connectivity index (χ4v) is 3.11. The molecule has 0 bridgehead atoms. The molecule has 2 aromatic rings. The van der Waals surface area contributed by atoms with E-state index in [-0.39, 0.29) is 0 Å². The Labute approximate surface area is 130 Å². The smallest absolute Gasteiger partial charge is 0.0992 e. The van der Waals surface area contributed by atoms with Crippen molar-refractivity contribution in [2.24, 2.45) is 0 Å². The number of anilines is 2. The van der Waals surface area contributed by atoms with Crippen LogP contribution in [0.5, 0.6) is 0 Å². The Morgan fingerprint density at radius 3 is 2.17 bits per heavy atom. The Balaban J connectivity index is 2.38. The van der Waals surface area contributed by atoms with E-state index in [4.69, 9.17) is 5.26 Å². The molecule has 0 aliphatic rings. The molecule has 5 heteroatoms. The number of nitrogens with zero attached hydrogens (tertiary/aromatic N) is 1. The van der Waals surface area contributed by atoms with Gasteiger partial charge in [-0.25, -0.2) is 0 Å². The lowest BCUT2D eigenvalue weighted by Gasteiger charge is -2.12. The standard InChI is InChI=1S/C13H7Br3N2/c14-9-2-1-3-10(15)13(9)18-12-5-4-8(7-17)6-11(12)16/h1-6,18H. The first-order chi connectivity index (χ1) is 8.61. The van der Waals surface area contributed by atoms with Crippen LogP contribution in [0.3, 0.4) is 0 Å². The van der Waals surface area contributed by atoms with Crippen LogP contribution in [0.15, 0.2) is 49.8 Å². The molecule has 18 heavy (non-hydrogen) atoms. The molecule has 90 valence electrons. The summed E-state index contributed by atoms with van der Waals surface area (Å²) in [6.45, 7) is 0. The largest absolute Gasteiger partial charge is 0.353 e. The lowest BCUT2D eigenvalue weighted by Crippen LogP contribution is -1.94. The summed E-state index contributed by atoms with van der Waals surface area (Å²) in [7, 11) is 0. The van der Waals surface area contributed by atoms with Crippen LogP contribution < -0.4 is 5.32 Å². The van der Waals surface area contributed by atoms with Gasteiger partial charge in [0.1, 0.15) is 0 Å². The summed E-state index contributed by atoms with van der Waals surface area (Å²) in [4.78, 5) is 0. The van der Waals surface area contributed by atoms with Crippen LogP contribution in [0.25, 0.3) is 0 Å². The predicted octanol–water partition coefficient (Wildman–Crippen LogP) is 5.59. The van der Waals surface area contributed by atoms with Crippen molar-refractivity contribution in [3.05, 3.63) is 55.4 Å². The molecule has 1 N–H and O–H groups in total. The highest BCUT2D eigenvalue weighted by Gasteiger charge is 2.07. The number of benzene rings is 2. The van der Waals surface area contributed by atoms with E-state index in [9.17, 15) is 0 Å². The maximum atomic E-state index is 8.82. The van der Waals surface area contributed by atoms with Crippen LogP contribution in [0.1, 0.15) is 5.56 Å². The van der Waals surface area contributed by atoms with Crippen LogP contribution in [-0.4, -0.2) is 0 Å². The summed E-state index contributed by atoms with van der Waals surface area (Å²) in [5.74, 6) is 0. The van der Waals surface area contributed by atoms with E-state index in [1.165, 1.54) is 0 Å². The van der Waals surface area contributed by atoms with E-state index < -0.39 is 0 Å². The highest BCUT2D eigenvalue weighted by Crippen LogP contribution is 2.35. The van der Waals surface area contributed by atoms with Crippen LogP contribution in [0, 0.1) is 11.3 Å². The minimum absolute atomic E-state index is 0.624. The van der Waals surface area contributed by atoms with E-state index in [2.05, 4.69) is 59.2 Å². The molecule has 0 saturated heterocycles. The SMILES string of the molecule is N#Cc1ccc(Nc2c(Br)cccc2Br)c(Br)c1. The molecule has 2 nitrogen and oxygen atoms in total. The van der Waals surface area contributed by atoms with Gasteiger partial charge in [-0.1, -0.05) is 6.07 Å². The van der Waals surface area contributed by atoms with E-state index in [0.29, 0.717) is 5.56 Å². The highest BCUT2D eigenvalue weighted by molar-refractivity contribution is 9.11. The molecule has 0 aliphatic heterocycles. The molecule has 2 rings (SSSR count). The summed E-state index contributed by atoms with van der Waals surface area (Å²) < 4.78 is 2.78. The third kappa shape index (κ3) is 2.94. The third-order valence-electron chi connectivity index (χ3n) is 2.32. The lowest BCUT2D eigenvalue weighted by atomic mass is 10.2. The third-order valence-corrected chi connectivity index (χ3v) is 4.30. The van der Waals surface area contributed by atoms with Crippen molar-refractivity contribution >= 4 is 59.2 Å². The van der Waals surface area contributed by atoms with E-state index in [0.717, 1.165) is 24.8 Å². The van der Waals surface area contributed by atoms with Gasteiger partial charge in [-0.15, -0.1) is 0 Å². The number of para-hydroxylation sites is 1. The van der Waals surface area contributed by atoms with Crippen molar-refractivity contribution in [3.8, 4) is 6.07 Å². The minimum atomic E-state index is 0.624. The first kappa shape index (κ1) is 13.6. The molecular formula is C13H7Br3N2. The van der Waals surface area contributed by atoms with Crippen LogP contribution in [0.2, 0.25) is 0 Å². The second-order valence-electron chi connectivity index (χ2n) is 3.53. The molecule has 0 spiro atoms. The monoisotopic (exact) mass is 428 g/mol. The summed E-state index contributed by atoms with van der Waals surface area (Å²) in [6, 6.07) is 13.4. The van der Waals surface area contributed by atoms with Gasteiger partial charge in [-0.2, -0.15) is 5.26 Å². The molecular weight excluding hydrogens is 424 g/mol. The quantitative estimate of drug-likeness (QED) is 0.674. The molecule has 0 aliphatic carbocycles. The molecule has 0 radical (unpaired) electrons. The zero-order valence-corrected chi connectivity index (χ0v) is 13.8. The lowest BCUT2D eigenvalue weighted by molar-refractivity contribution is 1.45. The Morgan fingerprint density at radius 1 is 0.944 bits per heavy atom. The summed E-state index contributed by atoms with van der Waals surface area (Å²) >= 11 is 10.4. The van der Waals surface area contributed by atoms with E-state index in [1.54, 1.807) is 12.1 Å². The Hall–Kier alpha value is -0.830. The number of nitriles is 1. The van der Waals surface area contributed by atoms with E-state index >= 15 is 0 Å². The number of halogens is 3. The molecule has 0 heterocycles. The molecule has 0 saturated carbocycles. The van der Waals surface area contributed by atoms with Crippen molar-refractivity contribution in [2.75, 3.05) is 5.32 Å². The fraction of sp³-hybridized carbons (Fsp3) is 0. The topological polar surface area (TPSA) is 35.8 Å². The first-order valence-electron chi connectivity index (χ1n) is 5.02. The Morgan fingerprint density at radius 2 is 1.61 bits per heavy atom. The molecule has 0 amide bonds. The van der Waals surface area contributed by atoms with E-state index in [1.807, 2.05) is 24.3 Å². The van der Waals surface area contributed by atoms with Gasteiger partial charge in [0.15, 0.2) is 0 Å². The van der Waals surface area contributed by atoms with Gasteiger partial charge in [0.2, 0.25) is 0 Å². The van der Waals surface area contributed by atoms with Gasteiger partial charge in [-0.3, -0.25) is 0 Å². The van der Waals surface area contributed by atoms with Crippen molar-refractivity contribution in [1.29, 1.82) is 5.26 Å². The van der Waals surface area contributed by atoms with Crippen molar-refractivity contribution in [1.82, 2.24) is 0 Å². The normalized spacial score (nSPS) is 9.89. The number of hydrogen-bond donors (Lipinski definition) is 1. The summed E-state index contributed by atoms with van der Waals surface area (Å²) in [5.41, 5.74) is 2.48. The van der Waals surface area contributed by atoms with Crippen LogP contribution in [0.4, 0.5) is 11.4 Å². The highest BCUT2D eigenvalue weighted by atomic mass is 79.9. The molecule has 0 unspecified atom stereocenters. The summed E-state index contributed by atoms with van der Waals surface area (Å²) in [5, 5.41) is 12.1. The van der Waals surface area contributed by atoms with Gasteiger partial charge < -0.3 is 5.32 Å². The average Bonchev–Trinajstić information content (AvgIpc) is 2.35. The second kappa shape index (κ2) is 5.87. The van der Waals surface area contributed by atoms with Crippen LogP contribution >= 0.6 is 47.8 Å². The van der Waals surface area contributed by atoms with Gasteiger partial charge in [-0.05, 0) is 78.1 Å². The average molecular weight is 431 g/mol. The molecule has 0 atom stereocenters. The van der Waals surface area contributed by atoms with Gasteiger partial charge in [0.25, 0.3) is 0 Å². The Bertz CT molecular complexity index is 612. The van der Waals surface area contributed by atoms with Crippen molar-refractivity contribution < 1.29 is 0 Å². The van der Waals surface area contributed by atoms with Crippen LogP contribution in [-0.2, 0) is 0 Å². The maximum absolute atomic E-state index is 8.82. The zero-order valence-electron chi connectivity index (χ0n) is 9.05. The van der Waals surface area contributed by atoms with Crippen molar-refractivity contribution in [2.45, 2.75) is 0 Å². The molecule has 0 fully saturated rings. The summed E-state index contributed by atoms with van der Waals surface area (Å²) in [6.07, 6.45) is 0. The number of nitrogens with one attached hydrogen (secondary N) is 1. The van der Waals surface area contributed by atoms with Gasteiger partial charge >= 0.3 is 0 Å². The Kier molecular flexibility index (Phi) is 4.44. The molecule has 2 aromatic carbocycles. The zero-order chi connectivity index (χ0) is 13.1. The second-order valence-corrected chi connectivity index (χ2v) is 6.09. The fourth-order valence-electron chi connectivity index (χ4n) is 1.44. The maximum Gasteiger partial charge on any atom is 0.0992 e. The predicted molar refractivity (Wildman–Crippen MR) is 84.0 cm³/mol. The number of rotatable bonds is 2. The minimum Gasteiger partial charge on any atom is -0.353 e. The first-order valence-corrected chi connectivity index (χ1v) is 7.40. The molecule has 0 aromatic heterocycles.